The monoisotopic (exact) mass is 227 g/mol. The molecule has 1 rings (SSSR count). The van der Waals surface area contributed by atoms with Gasteiger partial charge >= 0.3 is 0 Å². The first-order chi connectivity index (χ1) is 7.04. The summed E-state index contributed by atoms with van der Waals surface area (Å²) in [5.41, 5.74) is 0.702. The second-order valence-electron chi connectivity index (χ2n) is 3.22. The zero-order chi connectivity index (χ0) is 11.4. The lowest BCUT2D eigenvalue weighted by Gasteiger charge is -1.97. The van der Waals surface area contributed by atoms with E-state index in [1.807, 2.05) is 6.92 Å². The molecule has 0 aliphatic heterocycles. The van der Waals surface area contributed by atoms with Gasteiger partial charge in [0, 0.05) is 7.11 Å². The van der Waals surface area contributed by atoms with Gasteiger partial charge in [-0.1, -0.05) is 0 Å². The van der Waals surface area contributed by atoms with Crippen molar-refractivity contribution >= 4 is 22.9 Å². The van der Waals surface area contributed by atoms with Crippen LogP contribution < -0.4 is 0 Å². The van der Waals surface area contributed by atoms with Gasteiger partial charge in [-0.2, -0.15) is 0 Å². The Labute approximate surface area is 92.3 Å². The highest BCUT2D eigenvalue weighted by Crippen LogP contribution is 2.18. The van der Waals surface area contributed by atoms with Gasteiger partial charge in [-0.15, -0.1) is 11.3 Å². The number of Topliss-reactive ketones (excluding diaryl/α,β-unsaturated/α-hetero) is 2. The second-order valence-corrected chi connectivity index (χ2v) is 4.42. The third-order valence-corrected chi connectivity index (χ3v) is 2.93. The zero-order valence-corrected chi connectivity index (χ0v) is 9.81. The molecule has 5 heteroatoms. The van der Waals surface area contributed by atoms with E-state index >= 15 is 0 Å². The zero-order valence-electron chi connectivity index (χ0n) is 8.99. The van der Waals surface area contributed by atoms with Crippen LogP contribution in [0.15, 0.2) is 0 Å². The van der Waals surface area contributed by atoms with Crippen LogP contribution in [-0.4, -0.2) is 30.3 Å². The second kappa shape index (κ2) is 5.14. The van der Waals surface area contributed by atoms with Crippen LogP contribution in [0.4, 0.5) is 0 Å². The average molecular weight is 227 g/mol. The van der Waals surface area contributed by atoms with Gasteiger partial charge < -0.3 is 4.74 Å². The fraction of sp³-hybridized carbons (Fsp3) is 0.500. The van der Waals surface area contributed by atoms with Crippen LogP contribution in [0.25, 0.3) is 0 Å². The Morgan fingerprint density at radius 2 is 2.07 bits per heavy atom. The molecule has 0 spiro atoms. The Bertz CT molecular complexity index is 384. The van der Waals surface area contributed by atoms with E-state index in [0.717, 1.165) is 5.01 Å². The average Bonchev–Trinajstić information content (AvgIpc) is 2.45. The minimum absolute atomic E-state index is 0.0113. The lowest BCUT2D eigenvalue weighted by molar-refractivity contribution is -0.121. The Hall–Kier alpha value is -1.07. The summed E-state index contributed by atoms with van der Waals surface area (Å²) < 4.78 is 4.66. The lowest BCUT2D eigenvalue weighted by atomic mass is 10.1. The summed E-state index contributed by atoms with van der Waals surface area (Å²) in [6, 6.07) is 0. The van der Waals surface area contributed by atoms with E-state index in [9.17, 15) is 9.59 Å². The lowest BCUT2D eigenvalue weighted by Crippen LogP contribution is -2.12. The minimum Gasteiger partial charge on any atom is -0.377 e. The number of ketones is 2. The highest BCUT2D eigenvalue weighted by Gasteiger charge is 2.16. The summed E-state index contributed by atoms with van der Waals surface area (Å²) in [6.45, 7) is 3.60. The quantitative estimate of drug-likeness (QED) is 0.565. The highest BCUT2D eigenvalue weighted by atomic mass is 32.1. The summed E-state index contributed by atoms with van der Waals surface area (Å²) in [5.74, 6) is -0.367. The van der Waals surface area contributed by atoms with Crippen molar-refractivity contribution in [1.82, 2.24) is 4.98 Å². The minimum atomic E-state index is -0.201. The summed E-state index contributed by atoms with van der Waals surface area (Å²) in [5, 5.41) is 0.843. The number of hydrogen-bond acceptors (Lipinski definition) is 5. The Balaban J connectivity index is 2.69. The van der Waals surface area contributed by atoms with Crippen molar-refractivity contribution in [2.24, 2.45) is 0 Å². The van der Waals surface area contributed by atoms with Gasteiger partial charge in [-0.3, -0.25) is 9.59 Å². The molecule has 82 valence electrons. The van der Waals surface area contributed by atoms with Crippen molar-refractivity contribution in [2.75, 3.05) is 13.7 Å². The summed E-state index contributed by atoms with van der Waals surface area (Å²) in [7, 11) is 1.43. The van der Waals surface area contributed by atoms with Gasteiger partial charge in [-0.05, 0) is 13.8 Å². The third kappa shape index (κ3) is 3.21. The van der Waals surface area contributed by atoms with Crippen LogP contribution in [0, 0.1) is 13.8 Å². The van der Waals surface area contributed by atoms with Gasteiger partial charge in [0.15, 0.2) is 11.6 Å². The first-order valence-corrected chi connectivity index (χ1v) is 5.34. The van der Waals surface area contributed by atoms with Crippen LogP contribution in [0.5, 0.6) is 0 Å². The normalized spacial score (nSPS) is 10.3. The van der Waals surface area contributed by atoms with Crippen molar-refractivity contribution in [3.05, 3.63) is 15.6 Å². The van der Waals surface area contributed by atoms with E-state index in [2.05, 4.69) is 9.72 Å². The molecular formula is C10H13NO3S. The number of nitrogens with zero attached hydrogens (tertiary/aromatic N) is 1. The number of carbonyl (C=O) groups is 2. The third-order valence-electron chi connectivity index (χ3n) is 1.82. The van der Waals surface area contributed by atoms with Gasteiger partial charge in [0.25, 0.3) is 0 Å². The number of ether oxygens (including phenoxy) is 1. The maximum atomic E-state index is 11.7. The summed E-state index contributed by atoms with van der Waals surface area (Å²) >= 11 is 1.33. The number of aryl methyl sites for hydroxylation is 2. The molecule has 0 radical (unpaired) electrons. The number of thiazole rings is 1. The first kappa shape index (κ1) is 12.0. The topological polar surface area (TPSA) is 56.3 Å². The fourth-order valence-electron chi connectivity index (χ4n) is 1.26. The number of aromatic nitrogens is 1. The molecule has 1 heterocycles. The molecule has 0 aromatic carbocycles. The van der Waals surface area contributed by atoms with Gasteiger partial charge in [0.1, 0.15) is 6.61 Å². The Morgan fingerprint density at radius 1 is 1.40 bits per heavy atom. The van der Waals surface area contributed by atoms with Crippen LogP contribution >= 0.6 is 11.3 Å². The van der Waals surface area contributed by atoms with Crippen molar-refractivity contribution in [3.63, 3.8) is 0 Å². The Kier molecular flexibility index (Phi) is 4.11. The molecule has 4 nitrogen and oxygen atoms in total. The van der Waals surface area contributed by atoms with Gasteiger partial charge in [0.2, 0.25) is 0 Å². The van der Waals surface area contributed by atoms with Crippen LogP contribution in [-0.2, 0) is 9.53 Å². The van der Waals surface area contributed by atoms with E-state index < -0.39 is 0 Å². The molecule has 0 aliphatic carbocycles. The van der Waals surface area contributed by atoms with Crippen molar-refractivity contribution < 1.29 is 14.3 Å². The van der Waals surface area contributed by atoms with E-state index in [-0.39, 0.29) is 24.6 Å². The van der Waals surface area contributed by atoms with Gasteiger partial charge in [-0.25, -0.2) is 4.98 Å². The van der Waals surface area contributed by atoms with Crippen LogP contribution in [0.2, 0.25) is 0 Å². The largest absolute Gasteiger partial charge is 0.377 e. The molecule has 0 saturated heterocycles. The molecule has 0 unspecified atom stereocenters. The number of rotatable bonds is 5. The van der Waals surface area contributed by atoms with E-state index in [0.29, 0.717) is 10.6 Å². The predicted molar refractivity (Wildman–Crippen MR) is 57.4 cm³/mol. The number of methoxy groups -OCH3 is 1. The van der Waals surface area contributed by atoms with E-state index in [1.165, 1.54) is 18.4 Å². The van der Waals surface area contributed by atoms with E-state index in [1.54, 1.807) is 6.92 Å². The standard InChI is InChI=1S/C10H13NO3S/c1-6-10(15-7(2)11-6)9(13)4-8(12)5-14-3/h4-5H2,1-3H3. The SMILES string of the molecule is COCC(=O)CC(=O)c1sc(C)nc1C. The van der Waals surface area contributed by atoms with Crippen molar-refractivity contribution in [2.45, 2.75) is 20.3 Å². The molecule has 0 amide bonds. The number of carbonyl (C=O) groups excluding carboxylic acids is 2. The Morgan fingerprint density at radius 3 is 2.53 bits per heavy atom. The smallest absolute Gasteiger partial charge is 0.182 e. The summed E-state index contributed by atoms with van der Waals surface area (Å²) in [4.78, 5) is 27.6. The molecule has 0 atom stereocenters. The first-order valence-electron chi connectivity index (χ1n) is 4.52. The number of hydrogen-bond donors (Lipinski definition) is 0. The highest BCUT2D eigenvalue weighted by molar-refractivity contribution is 7.13. The molecule has 1 aromatic heterocycles. The van der Waals surface area contributed by atoms with Crippen LogP contribution in [0.3, 0.4) is 0 Å². The molecule has 0 fully saturated rings. The van der Waals surface area contributed by atoms with E-state index in [4.69, 9.17) is 0 Å². The predicted octanol–water partition coefficient (Wildman–Crippen LogP) is 1.55. The van der Waals surface area contributed by atoms with Crippen molar-refractivity contribution in [1.29, 1.82) is 0 Å². The maximum absolute atomic E-state index is 11.7. The fourth-order valence-corrected chi connectivity index (χ4v) is 2.12. The summed E-state index contributed by atoms with van der Waals surface area (Å²) in [6.07, 6.45) is -0.101. The van der Waals surface area contributed by atoms with Crippen molar-refractivity contribution in [3.8, 4) is 0 Å². The molecule has 0 N–H and O–H groups in total. The van der Waals surface area contributed by atoms with Crippen LogP contribution in [0.1, 0.15) is 26.8 Å². The molecule has 0 bridgehead atoms. The van der Waals surface area contributed by atoms with Gasteiger partial charge in [0.05, 0.1) is 22.0 Å². The molecule has 0 saturated carbocycles. The molecule has 1 aromatic rings. The molecule has 15 heavy (non-hydrogen) atoms. The maximum Gasteiger partial charge on any atom is 0.182 e. The molecular weight excluding hydrogens is 214 g/mol. The molecule has 0 aliphatic rings.